The summed E-state index contributed by atoms with van der Waals surface area (Å²) in [6, 6.07) is 10.8. The topological polar surface area (TPSA) is 90.2 Å². The second-order valence-electron chi connectivity index (χ2n) is 4.11. The van der Waals surface area contributed by atoms with Gasteiger partial charge in [-0.1, -0.05) is 6.07 Å². The average Bonchev–Trinajstić information content (AvgIpc) is 2.47. The third-order valence-corrected chi connectivity index (χ3v) is 2.77. The Hall–Kier alpha value is -3.20. The number of nitrogens with zero attached hydrogens (tertiary/aromatic N) is 1. The molecule has 2 rings (SSSR count). The average molecular weight is 284 g/mol. The number of benzene rings is 2. The van der Waals surface area contributed by atoms with Gasteiger partial charge in [0.2, 0.25) is 0 Å². The largest absolute Gasteiger partial charge is 0.478 e. The lowest BCUT2D eigenvalue weighted by Gasteiger charge is -2.07. The predicted octanol–water partition coefficient (Wildman–Crippen LogP) is 2.65. The predicted molar refractivity (Wildman–Crippen MR) is 72.5 cm³/mol. The second kappa shape index (κ2) is 5.84. The van der Waals surface area contributed by atoms with Gasteiger partial charge in [-0.15, -0.1) is 0 Å². The van der Waals surface area contributed by atoms with Crippen molar-refractivity contribution in [3.63, 3.8) is 0 Å². The molecule has 0 saturated carbocycles. The van der Waals surface area contributed by atoms with Gasteiger partial charge >= 0.3 is 5.97 Å². The Morgan fingerprint density at radius 2 is 1.71 bits per heavy atom. The minimum atomic E-state index is -1.10. The van der Waals surface area contributed by atoms with Gasteiger partial charge in [-0.2, -0.15) is 5.26 Å². The molecule has 0 spiro atoms. The van der Waals surface area contributed by atoms with Crippen LogP contribution in [0.3, 0.4) is 0 Å². The number of rotatable bonds is 3. The van der Waals surface area contributed by atoms with Gasteiger partial charge in [0.1, 0.15) is 17.4 Å². The van der Waals surface area contributed by atoms with Crippen molar-refractivity contribution >= 4 is 17.6 Å². The highest BCUT2D eigenvalue weighted by molar-refractivity contribution is 6.05. The SMILES string of the molecule is N#Cc1c(F)cccc1NC(=O)c1ccc(C(=O)O)cc1. The Kier molecular flexibility index (Phi) is 3.95. The smallest absolute Gasteiger partial charge is 0.335 e. The van der Waals surface area contributed by atoms with Gasteiger partial charge in [-0.3, -0.25) is 4.79 Å². The first-order chi connectivity index (χ1) is 10.0. The molecule has 0 atom stereocenters. The van der Waals surface area contributed by atoms with Crippen LogP contribution in [0.5, 0.6) is 0 Å². The second-order valence-corrected chi connectivity index (χ2v) is 4.11. The number of nitriles is 1. The lowest BCUT2D eigenvalue weighted by molar-refractivity contribution is 0.0696. The Morgan fingerprint density at radius 3 is 2.29 bits per heavy atom. The highest BCUT2D eigenvalue weighted by Crippen LogP contribution is 2.18. The maximum Gasteiger partial charge on any atom is 0.335 e. The Labute approximate surface area is 119 Å². The van der Waals surface area contributed by atoms with E-state index in [1.54, 1.807) is 6.07 Å². The van der Waals surface area contributed by atoms with Crippen LogP contribution < -0.4 is 5.32 Å². The van der Waals surface area contributed by atoms with E-state index in [4.69, 9.17) is 10.4 Å². The normalized spacial score (nSPS) is 9.71. The first kappa shape index (κ1) is 14.2. The van der Waals surface area contributed by atoms with E-state index in [-0.39, 0.29) is 22.4 Å². The zero-order valence-corrected chi connectivity index (χ0v) is 10.6. The number of carboxylic acids is 1. The van der Waals surface area contributed by atoms with Crippen LogP contribution in [0, 0.1) is 17.1 Å². The molecule has 0 heterocycles. The number of carboxylic acid groups (broad SMARTS) is 1. The summed E-state index contributed by atoms with van der Waals surface area (Å²) in [5, 5.41) is 20.1. The molecule has 6 heteroatoms. The molecule has 0 aliphatic carbocycles. The van der Waals surface area contributed by atoms with Crippen LogP contribution in [0.25, 0.3) is 0 Å². The van der Waals surface area contributed by atoms with E-state index in [2.05, 4.69) is 5.32 Å². The van der Waals surface area contributed by atoms with Crippen molar-refractivity contribution in [3.8, 4) is 6.07 Å². The van der Waals surface area contributed by atoms with E-state index < -0.39 is 17.7 Å². The molecule has 1 amide bonds. The number of hydrogen-bond donors (Lipinski definition) is 2. The van der Waals surface area contributed by atoms with Crippen LogP contribution in [0.2, 0.25) is 0 Å². The van der Waals surface area contributed by atoms with Gasteiger partial charge in [-0.05, 0) is 36.4 Å². The quantitative estimate of drug-likeness (QED) is 0.906. The molecule has 0 radical (unpaired) electrons. The first-order valence-electron chi connectivity index (χ1n) is 5.86. The molecule has 2 N–H and O–H groups in total. The number of carbonyl (C=O) groups is 2. The van der Waals surface area contributed by atoms with Crippen molar-refractivity contribution in [1.82, 2.24) is 0 Å². The standard InChI is InChI=1S/C15H9FN2O3/c16-12-2-1-3-13(11(12)8-17)18-14(19)9-4-6-10(7-5-9)15(20)21/h1-7H,(H,18,19)(H,20,21). The van der Waals surface area contributed by atoms with Crippen molar-refractivity contribution in [2.24, 2.45) is 0 Å². The fourth-order valence-corrected chi connectivity index (χ4v) is 1.70. The highest BCUT2D eigenvalue weighted by atomic mass is 19.1. The molecule has 0 aliphatic heterocycles. The summed E-state index contributed by atoms with van der Waals surface area (Å²) in [5.41, 5.74) is 0.0565. The zero-order chi connectivity index (χ0) is 15.4. The van der Waals surface area contributed by atoms with Crippen LogP contribution in [-0.2, 0) is 0 Å². The molecule has 2 aromatic rings. The van der Waals surface area contributed by atoms with Gasteiger partial charge in [0.25, 0.3) is 5.91 Å². The van der Waals surface area contributed by atoms with Gasteiger partial charge in [-0.25, -0.2) is 9.18 Å². The van der Waals surface area contributed by atoms with Gasteiger partial charge in [0.15, 0.2) is 0 Å². The third-order valence-electron chi connectivity index (χ3n) is 2.77. The van der Waals surface area contributed by atoms with E-state index in [0.717, 1.165) is 6.07 Å². The minimum absolute atomic E-state index is 0.0509. The Balaban J connectivity index is 2.25. The number of carbonyl (C=O) groups excluding carboxylic acids is 1. The molecular weight excluding hydrogens is 275 g/mol. The molecule has 0 aromatic heterocycles. The van der Waals surface area contributed by atoms with E-state index in [0.29, 0.717) is 0 Å². The number of amides is 1. The van der Waals surface area contributed by atoms with Gasteiger partial charge in [0, 0.05) is 5.56 Å². The van der Waals surface area contributed by atoms with Gasteiger partial charge in [0.05, 0.1) is 11.3 Å². The summed E-state index contributed by atoms with van der Waals surface area (Å²) in [6.45, 7) is 0. The number of halogens is 1. The molecule has 0 fully saturated rings. The maximum atomic E-state index is 13.4. The molecule has 0 aliphatic rings. The molecule has 2 aromatic carbocycles. The Bertz CT molecular complexity index is 749. The highest BCUT2D eigenvalue weighted by Gasteiger charge is 2.12. The summed E-state index contributed by atoms with van der Waals surface area (Å²) in [5.74, 6) is -2.38. The molecule has 0 unspecified atom stereocenters. The molecule has 104 valence electrons. The zero-order valence-electron chi connectivity index (χ0n) is 10.6. The number of hydrogen-bond acceptors (Lipinski definition) is 3. The number of anilines is 1. The summed E-state index contributed by atoms with van der Waals surface area (Å²) < 4.78 is 13.4. The van der Waals surface area contributed by atoms with Crippen LogP contribution in [-0.4, -0.2) is 17.0 Å². The van der Waals surface area contributed by atoms with Crippen molar-refractivity contribution in [2.45, 2.75) is 0 Å². The first-order valence-corrected chi connectivity index (χ1v) is 5.86. The molecule has 21 heavy (non-hydrogen) atoms. The van der Waals surface area contributed by atoms with Gasteiger partial charge < -0.3 is 10.4 Å². The fourth-order valence-electron chi connectivity index (χ4n) is 1.70. The summed E-state index contributed by atoms with van der Waals surface area (Å²) >= 11 is 0. The van der Waals surface area contributed by atoms with Crippen LogP contribution >= 0.6 is 0 Å². The van der Waals surface area contributed by atoms with E-state index >= 15 is 0 Å². The lowest BCUT2D eigenvalue weighted by Crippen LogP contribution is -2.13. The fraction of sp³-hybridized carbons (Fsp3) is 0. The van der Waals surface area contributed by atoms with E-state index in [9.17, 15) is 14.0 Å². The third kappa shape index (κ3) is 3.04. The number of nitrogens with one attached hydrogen (secondary N) is 1. The summed E-state index contributed by atoms with van der Waals surface area (Å²) in [6.07, 6.45) is 0. The summed E-state index contributed by atoms with van der Waals surface area (Å²) in [4.78, 5) is 22.7. The molecule has 0 saturated heterocycles. The lowest BCUT2D eigenvalue weighted by atomic mass is 10.1. The number of aromatic carboxylic acids is 1. The van der Waals surface area contributed by atoms with Crippen molar-refractivity contribution in [2.75, 3.05) is 5.32 Å². The van der Waals surface area contributed by atoms with Crippen LogP contribution in [0.4, 0.5) is 10.1 Å². The minimum Gasteiger partial charge on any atom is -0.478 e. The maximum absolute atomic E-state index is 13.4. The van der Waals surface area contributed by atoms with Crippen molar-refractivity contribution < 1.29 is 19.1 Å². The van der Waals surface area contributed by atoms with E-state index in [1.165, 1.54) is 36.4 Å². The van der Waals surface area contributed by atoms with Crippen LogP contribution in [0.15, 0.2) is 42.5 Å². The summed E-state index contributed by atoms with van der Waals surface area (Å²) in [7, 11) is 0. The monoisotopic (exact) mass is 284 g/mol. The molecular formula is C15H9FN2O3. The van der Waals surface area contributed by atoms with Crippen LogP contribution in [0.1, 0.15) is 26.3 Å². The van der Waals surface area contributed by atoms with Crippen molar-refractivity contribution in [3.05, 3.63) is 65.0 Å². The Morgan fingerprint density at radius 1 is 1.10 bits per heavy atom. The van der Waals surface area contributed by atoms with Crippen molar-refractivity contribution in [1.29, 1.82) is 5.26 Å². The molecule has 0 bridgehead atoms. The van der Waals surface area contributed by atoms with E-state index in [1.807, 2.05) is 0 Å². The molecule has 5 nitrogen and oxygen atoms in total.